The van der Waals surface area contributed by atoms with Gasteiger partial charge in [0.15, 0.2) is 17.5 Å². The molecule has 16 rings (SSSR count). The van der Waals surface area contributed by atoms with Crippen molar-refractivity contribution in [1.82, 2.24) is 19.5 Å². The number of rotatable bonds is 7. The average Bonchev–Trinajstić information content (AvgIpc) is 1.54. The van der Waals surface area contributed by atoms with E-state index in [4.69, 9.17) is 15.0 Å². The van der Waals surface area contributed by atoms with Gasteiger partial charge >= 0.3 is 0 Å². The van der Waals surface area contributed by atoms with Gasteiger partial charge in [-0.3, -0.25) is 0 Å². The standard InChI is InChI=1S/C68H52N4.C12H16.C2H6/c1-3-17-43(18-4-2)65-69-66(44-19-7-5-8-20-44)71-67(70-65)45-29-33-52(34-30-45)72-63-28-16-14-25-56(63)58-39-48(32-36-64(58)72)49-31-35-55-57-40-50-37-46-21-11-12-22-47(46)38-51(50)42-62(57)68(61(55)41-49)59-26-10-6-9-23-53(59)54-24-13-15-27-60(54)68;1-9-7-11-5-3-4-6-12(11)8-10(9)2;1-2/h3-5,7-8,10,13-22,24-36,39-42H,1,6,9,11-12,23,37-38H2,2H3;3-6,9-10H,7-8H2,1-2H3;1-2H3/b18-4-,43-17+;;. The van der Waals surface area contributed by atoms with Crippen molar-refractivity contribution < 1.29 is 0 Å². The van der Waals surface area contributed by atoms with E-state index in [0.717, 1.165) is 83.8 Å². The Bertz CT molecular complexity index is 4490. The molecule has 422 valence electrons. The number of para-hydroxylation sites is 1. The molecule has 0 saturated carbocycles. The van der Waals surface area contributed by atoms with Crippen molar-refractivity contribution >= 4 is 33.0 Å². The van der Waals surface area contributed by atoms with Gasteiger partial charge in [0.2, 0.25) is 0 Å². The summed E-state index contributed by atoms with van der Waals surface area (Å²) in [6.45, 7) is 14.7. The van der Waals surface area contributed by atoms with Crippen molar-refractivity contribution in [3.05, 3.63) is 298 Å². The summed E-state index contributed by atoms with van der Waals surface area (Å²) in [5.74, 6) is 3.57. The van der Waals surface area contributed by atoms with Crippen LogP contribution >= 0.6 is 0 Å². The highest BCUT2D eigenvalue weighted by Crippen LogP contribution is 2.64. The first-order valence-electron chi connectivity index (χ1n) is 31.5. The number of aromatic nitrogens is 4. The van der Waals surface area contributed by atoms with Crippen LogP contribution in [0.1, 0.15) is 117 Å². The van der Waals surface area contributed by atoms with Crippen LogP contribution in [-0.2, 0) is 31.1 Å². The van der Waals surface area contributed by atoms with Crippen LogP contribution in [0.25, 0.3) is 83.7 Å². The lowest BCUT2D eigenvalue weighted by molar-refractivity contribution is 0.361. The molecule has 3 unspecified atom stereocenters. The Balaban J connectivity index is 0.000000413. The molecular weight excluding hydrogens is 1040 g/mol. The highest BCUT2D eigenvalue weighted by atomic mass is 15.0. The molecule has 1 spiro atoms. The molecule has 0 saturated heterocycles. The van der Waals surface area contributed by atoms with Crippen LogP contribution in [0.5, 0.6) is 0 Å². The number of benzene rings is 8. The molecule has 8 aromatic carbocycles. The van der Waals surface area contributed by atoms with Crippen LogP contribution in [0.15, 0.2) is 248 Å². The molecule has 4 heteroatoms. The molecule has 6 aliphatic rings. The van der Waals surface area contributed by atoms with Crippen LogP contribution in [-0.4, -0.2) is 19.5 Å². The third-order valence-corrected chi connectivity index (χ3v) is 19.2. The third kappa shape index (κ3) is 9.33. The van der Waals surface area contributed by atoms with Crippen LogP contribution in [0.3, 0.4) is 0 Å². The van der Waals surface area contributed by atoms with Gasteiger partial charge in [-0.25, -0.2) is 15.0 Å². The minimum atomic E-state index is -0.380. The van der Waals surface area contributed by atoms with Crippen molar-refractivity contribution in [3.8, 4) is 50.7 Å². The normalized spacial score (nSPS) is 18.7. The minimum Gasteiger partial charge on any atom is -0.309 e. The molecule has 0 bridgehead atoms. The molecule has 6 aliphatic carbocycles. The van der Waals surface area contributed by atoms with Gasteiger partial charge in [0.1, 0.15) is 0 Å². The highest BCUT2D eigenvalue weighted by Gasteiger charge is 2.53. The fourth-order valence-electron chi connectivity index (χ4n) is 14.9. The summed E-state index contributed by atoms with van der Waals surface area (Å²) in [4.78, 5) is 15.0. The summed E-state index contributed by atoms with van der Waals surface area (Å²) >= 11 is 0. The van der Waals surface area contributed by atoms with E-state index in [9.17, 15) is 0 Å². The third-order valence-electron chi connectivity index (χ3n) is 19.2. The van der Waals surface area contributed by atoms with Crippen molar-refractivity contribution in [2.45, 2.75) is 97.8 Å². The first kappa shape index (κ1) is 54.7. The largest absolute Gasteiger partial charge is 0.309 e. The maximum absolute atomic E-state index is 5.01. The number of hydrogen-bond donors (Lipinski definition) is 0. The Labute approximate surface area is 508 Å². The number of nitrogens with zero attached hydrogens (tertiary/aromatic N) is 4. The van der Waals surface area contributed by atoms with Crippen molar-refractivity contribution in [1.29, 1.82) is 0 Å². The molecule has 2 heterocycles. The molecule has 0 radical (unpaired) electrons. The fourth-order valence-corrected chi connectivity index (χ4v) is 14.9. The van der Waals surface area contributed by atoms with Gasteiger partial charge < -0.3 is 4.57 Å². The SMILES string of the molecule is C=C/C=C(\C=C/C)c1nc(-c2ccccc2)nc(-c2ccc(-n3c4ccccc4c4cc(-c5ccc6c(c5)C5(C7=C(CCCC=C7)c7ccccc75)c5cc7c(cc5-6)CC5=CCCC=C5C7)ccc43)cc2)n1.CC.CC1Cc2ccccc2CC1C. The summed E-state index contributed by atoms with van der Waals surface area (Å²) in [5.41, 5.74) is 28.9. The van der Waals surface area contributed by atoms with Gasteiger partial charge in [-0.15, -0.1) is 0 Å². The van der Waals surface area contributed by atoms with Crippen LogP contribution in [0, 0.1) is 11.8 Å². The monoisotopic (exact) mass is 1110 g/mol. The summed E-state index contributed by atoms with van der Waals surface area (Å²) in [6.07, 6.45) is 28.0. The number of hydrogen-bond acceptors (Lipinski definition) is 3. The molecule has 0 N–H and O–H groups in total. The van der Waals surface area contributed by atoms with Gasteiger partial charge in [0.05, 0.1) is 16.4 Å². The van der Waals surface area contributed by atoms with E-state index in [-0.39, 0.29) is 5.41 Å². The molecular formula is C82H74N4. The molecule has 10 aromatic rings. The molecule has 0 fully saturated rings. The van der Waals surface area contributed by atoms with Gasteiger partial charge in [0, 0.05) is 33.2 Å². The van der Waals surface area contributed by atoms with Gasteiger partial charge in [0.25, 0.3) is 0 Å². The van der Waals surface area contributed by atoms with Crippen LogP contribution in [0.2, 0.25) is 0 Å². The van der Waals surface area contributed by atoms with Crippen LogP contribution in [0.4, 0.5) is 0 Å². The zero-order valence-electron chi connectivity index (χ0n) is 50.4. The Kier molecular flexibility index (Phi) is 14.6. The zero-order chi connectivity index (χ0) is 58.5. The lowest BCUT2D eigenvalue weighted by atomic mass is 9.68. The van der Waals surface area contributed by atoms with E-state index in [1.807, 2.05) is 69.3 Å². The topological polar surface area (TPSA) is 43.6 Å². The smallest absolute Gasteiger partial charge is 0.164 e. The Morgan fingerprint density at radius 2 is 1.16 bits per heavy atom. The molecule has 86 heavy (non-hydrogen) atoms. The van der Waals surface area contributed by atoms with Crippen molar-refractivity contribution in [3.63, 3.8) is 0 Å². The predicted octanol–water partition coefficient (Wildman–Crippen LogP) is 20.8. The fraction of sp³-hybridized carbons (Fsp3) is 0.207. The van der Waals surface area contributed by atoms with Gasteiger partial charge in [-0.1, -0.05) is 210 Å². The minimum absolute atomic E-state index is 0.380. The molecule has 4 nitrogen and oxygen atoms in total. The maximum atomic E-state index is 5.01. The van der Waals surface area contributed by atoms with Crippen LogP contribution < -0.4 is 0 Å². The van der Waals surface area contributed by atoms with E-state index in [0.29, 0.717) is 17.5 Å². The molecule has 2 aromatic heterocycles. The second-order valence-corrected chi connectivity index (χ2v) is 24.1. The Hall–Kier alpha value is -9.25. The summed E-state index contributed by atoms with van der Waals surface area (Å²) in [5, 5.41) is 2.45. The van der Waals surface area contributed by atoms with E-state index in [2.05, 4.69) is 195 Å². The summed E-state index contributed by atoms with van der Waals surface area (Å²) in [7, 11) is 0. The first-order valence-corrected chi connectivity index (χ1v) is 31.5. The second-order valence-electron chi connectivity index (χ2n) is 24.1. The van der Waals surface area contributed by atoms with E-state index in [1.165, 1.54) is 108 Å². The van der Waals surface area contributed by atoms with Gasteiger partial charge in [-0.05, 0) is 214 Å². The Morgan fingerprint density at radius 3 is 1.90 bits per heavy atom. The van der Waals surface area contributed by atoms with E-state index >= 15 is 0 Å². The summed E-state index contributed by atoms with van der Waals surface area (Å²) in [6, 6.07) is 65.5. The van der Waals surface area contributed by atoms with Gasteiger partial charge in [-0.2, -0.15) is 0 Å². The number of allylic oxidation sites excluding steroid dienone is 13. The molecule has 0 aliphatic heterocycles. The van der Waals surface area contributed by atoms with Crippen molar-refractivity contribution in [2.75, 3.05) is 0 Å². The lowest BCUT2D eigenvalue weighted by Crippen LogP contribution is -2.27. The quantitative estimate of drug-likeness (QED) is 0.149. The molecule has 0 amide bonds. The zero-order valence-corrected chi connectivity index (χ0v) is 50.4. The second kappa shape index (κ2) is 23.0. The Morgan fingerprint density at radius 1 is 0.547 bits per heavy atom. The predicted molar refractivity (Wildman–Crippen MR) is 361 cm³/mol. The number of fused-ring (bicyclic) bond motifs is 15. The first-order chi connectivity index (χ1) is 42.4. The highest BCUT2D eigenvalue weighted by molar-refractivity contribution is 6.10. The molecule has 3 atom stereocenters. The van der Waals surface area contributed by atoms with E-state index in [1.54, 1.807) is 17.2 Å². The van der Waals surface area contributed by atoms with E-state index < -0.39 is 0 Å². The summed E-state index contributed by atoms with van der Waals surface area (Å²) < 4.78 is 2.39. The van der Waals surface area contributed by atoms with Crippen molar-refractivity contribution in [2.24, 2.45) is 11.8 Å². The maximum Gasteiger partial charge on any atom is 0.164 e. The average molecular weight is 1120 g/mol. The lowest BCUT2D eigenvalue weighted by Gasteiger charge is -2.33.